The largest absolute Gasteiger partial charge is 0.496 e. The molecule has 3 rings (SSSR count). The second-order valence-electron chi connectivity index (χ2n) is 6.12. The fourth-order valence-corrected chi connectivity index (χ4v) is 2.97. The third-order valence-corrected chi connectivity index (χ3v) is 4.33. The van der Waals surface area contributed by atoms with E-state index in [0.717, 1.165) is 30.1 Å². The number of allylic oxidation sites excluding steroid dienone is 1. The van der Waals surface area contributed by atoms with E-state index in [2.05, 4.69) is 31.9 Å². The van der Waals surface area contributed by atoms with Gasteiger partial charge in [-0.05, 0) is 38.2 Å². The van der Waals surface area contributed by atoms with Crippen molar-refractivity contribution >= 4 is 11.8 Å². The first kappa shape index (κ1) is 17.2. The molecule has 0 aliphatic heterocycles. The number of nitrogens with one attached hydrogen (secondary N) is 2. The first-order valence-corrected chi connectivity index (χ1v) is 8.82. The van der Waals surface area contributed by atoms with Crippen LogP contribution >= 0.6 is 0 Å². The maximum Gasteiger partial charge on any atom is 0.244 e. The number of hydrogen-bond donors (Lipinski definition) is 2. The molecule has 25 heavy (non-hydrogen) atoms. The summed E-state index contributed by atoms with van der Waals surface area (Å²) < 4.78 is 5.35. The molecule has 0 bridgehead atoms. The summed E-state index contributed by atoms with van der Waals surface area (Å²) in [6.07, 6.45) is 10.2. The summed E-state index contributed by atoms with van der Waals surface area (Å²) in [7, 11) is 1.67. The minimum atomic E-state index is 0.507. The van der Waals surface area contributed by atoms with Crippen LogP contribution in [0.3, 0.4) is 0 Å². The molecule has 0 spiro atoms. The van der Waals surface area contributed by atoms with E-state index in [1.165, 1.54) is 25.7 Å². The zero-order chi connectivity index (χ0) is 17.3. The third kappa shape index (κ3) is 5.17. The van der Waals surface area contributed by atoms with Gasteiger partial charge in [-0.1, -0.05) is 29.8 Å². The Kier molecular flexibility index (Phi) is 6.20. The van der Waals surface area contributed by atoms with Gasteiger partial charge in [0, 0.05) is 18.7 Å². The van der Waals surface area contributed by atoms with Crippen molar-refractivity contribution in [2.45, 2.75) is 38.6 Å². The van der Waals surface area contributed by atoms with Gasteiger partial charge in [0.1, 0.15) is 5.75 Å². The number of rotatable bonds is 8. The molecule has 0 saturated carbocycles. The quantitative estimate of drug-likeness (QED) is 0.713. The average molecular weight is 339 g/mol. The summed E-state index contributed by atoms with van der Waals surface area (Å²) in [5, 5.41) is 14.6. The van der Waals surface area contributed by atoms with Gasteiger partial charge in [0.15, 0.2) is 5.82 Å². The fourth-order valence-electron chi connectivity index (χ4n) is 2.97. The van der Waals surface area contributed by atoms with E-state index < -0.39 is 0 Å². The van der Waals surface area contributed by atoms with Crippen LogP contribution < -0.4 is 15.4 Å². The van der Waals surface area contributed by atoms with Crippen molar-refractivity contribution in [2.24, 2.45) is 0 Å². The van der Waals surface area contributed by atoms with Gasteiger partial charge in [-0.3, -0.25) is 0 Å². The molecule has 1 aliphatic rings. The van der Waals surface area contributed by atoms with Crippen LogP contribution in [0.25, 0.3) is 0 Å². The first-order valence-electron chi connectivity index (χ1n) is 8.82. The first-order chi connectivity index (χ1) is 12.3. The second-order valence-corrected chi connectivity index (χ2v) is 6.12. The fraction of sp³-hybridized carbons (Fsp3) is 0.421. The number of hydrogen-bond acceptors (Lipinski definition) is 6. The van der Waals surface area contributed by atoms with E-state index in [4.69, 9.17) is 4.74 Å². The van der Waals surface area contributed by atoms with Crippen molar-refractivity contribution in [1.82, 2.24) is 15.2 Å². The van der Waals surface area contributed by atoms with E-state index in [0.29, 0.717) is 12.5 Å². The van der Waals surface area contributed by atoms with Gasteiger partial charge in [-0.15, -0.1) is 5.10 Å². The van der Waals surface area contributed by atoms with Crippen molar-refractivity contribution in [3.8, 4) is 5.75 Å². The number of nitrogens with zero attached hydrogens (tertiary/aromatic N) is 3. The second kappa shape index (κ2) is 9.01. The lowest BCUT2D eigenvalue weighted by Crippen LogP contribution is -2.10. The Bertz CT molecular complexity index is 716. The highest BCUT2D eigenvalue weighted by atomic mass is 16.5. The maximum absolute atomic E-state index is 5.35. The number of para-hydroxylation sites is 1. The Balaban J connectivity index is 1.51. The summed E-state index contributed by atoms with van der Waals surface area (Å²) in [6.45, 7) is 1.46. The van der Waals surface area contributed by atoms with Gasteiger partial charge >= 0.3 is 0 Å². The molecule has 1 aromatic heterocycles. The van der Waals surface area contributed by atoms with E-state index in [1.54, 1.807) is 18.9 Å². The summed E-state index contributed by atoms with van der Waals surface area (Å²) in [5.41, 5.74) is 2.60. The lowest BCUT2D eigenvalue weighted by atomic mass is 9.97. The predicted molar refractivity (Wildman–Crippen MR) is 99.8 cm³/mol. The van der Waals surface area contributed by atoms with Crippen LogP contribution in [-0.2, 0) is 6.54 Å². The Morgan fingerprint density at radius 2 is 2.08 bits per heavy atom. The van der Waals surface area contributed by atoms with E-state index in [9.17, 15) is 0 Å². The smallest absolute Gasteiger partial charge is 0.244 e. The van der Waals surface area contributed by atoms with Crippen LogP contribution in [0, 0.1) is 0 Å². The highest BCUT2D eigenvalue weighted by molar-refractivity contribution is 5.40. The molecule has 1 aromatic carbocycles. The van der Waals surface area contributed by atoms with Crippen LogP contribution in [-0.4, -0.2) is 28.8 Å². The Labute approximate surface area is 148 Å². The molecule has 6 heteroatoms. The Morgan fingerprint density at radius 3 is 2.92 bits per heavy atom. The minimum Gasteiger partial charge on any atom is -0.496 e. The molecule has 2 N–H and O–H groups in total. The molecule has 0 amide bonds. The molecular formula is C19H25N5O. The molecule has 0 fully saturated rings. The van der Waals surface area contributed by atoms with Crippen molar-refractivity contribution in [3.05, 3.63) is 47.7 Å². The van der Waals surface area contributed by atoms with Crippen molar-refractivity contribution in [1.29, 1.82) is 0 Å². The molecule has 1 aliphatic carbocycles. The zero-order valence-corrected chi connectivity index (χ0v) is 14.7. The van der Waals surface area contributed by atoms with Crippen LogP contribution in [0.1, 0.15) is 37.7 Å². The van der Waals surface area contributed by atoms with E-state index >= 15 is 0 Å². The van der Waals surface area contributed by atoms with Gasteiger partial charge in [0.05, 0.1) is 13.3 Å². The molecule has 2 aromatic rings. The average Bonchev–Trinajstić information content (AvgIpc) is 2.68. The highest BCUT2D eigenvalue weighted by Gasteiger charge is 2.06. The number of ether oxygens (including phenoxy) is 1. The van der Waals surface area contributed by atoms with Crippen molar-refractivity contribution in [3.63, 3.8) is 0 Å². The van der Waals surface area contributed by atoms with Crippen LogP contribution in [0.5, 0.6) is 5.75 Å². The lowest BCUT2D eigenvalue weighted by Gasteiger charge is -2.13. The molecule has 0 atom stereocenters. The number of aromatic nitrogens is 3. The lowest BCUT2D eigenvalue weighted by molar-refractivity contribution is 0.410. The van der Waals surface area contributed by atoms with Gasteiger partial charge in [0.25, 0.3) is 0 Å². The van der Waals surface area contributed by atoms with E-state index in [-0.39, 0.29) is 0 Å². The Hall–Kier alpha value is -2.63. The van der Waals surface area contributed by atoms with Crippen LogP contribution in [0.4, 0.5) is 11.8 Å². The standard InChI is InChI=1S/C19H25N5O/c1-25-17-10-6-5-9-16(17)13-21-19-23-18(14-22-24-19)20-12-11-15-7-3-2-4-8-15/h5-7,9-10,14H,2-4,8,11-13H2,1H3,(H2,20,21,23,24). The topological polar surface area (TPSA) is 72.0 Å². The summed E-state index contributed by atoms with van der Waals surface area (Å²) >= 11 is 0. The molecule has 0 radical (unpaired) electrons. The summed E-state index contributed by atoms with van der Waals surface area (Å²) in [5.74, 6) is 2.10. The molecule has 0 saturated heterocycles. The van der Waals surface area contributed by atoms with Gasteiger partial charge in [-0.2, -0.15) is 10.1 Å². The number of anilines is 2. The number of benzene rings is 1. The van der Waals surface area contributed by atoms with Crippen molar-refractivity contribution < 1.29 is 4.74 Å². The third-order valence-electron chi connectivity index (χ3n) is 4.33. The monoisotopic (exact) mass is 339 g/mol. The van der Waals surface area contributed by atoms with Crippen LogP contribution in [0.2, 0.25) is 0 Å². The summed E-state index contributed by atoms with van der Waals surface area (Å²) in [4.78, 5) is 4.47. The van der Waals surface area contributed by atoms with Gasteiger partial charge in [0.2, 0.25) is 5.95 Å². The minimum absolute atomic E-state index is 0.507. The normalized spacial score (nSPS) is 13.9. The van der Waals surface area contributed by atoms with Crippen molar-refractivity contribution in [2.75, 3.05) is 24.3 Å². The molecule has 6 nitrogen and oxygen atoms in total. The maximum atomic E-state index is 5.35. The molecule has 0 unspecified atom stereocenters. The summed E-state index contributed by atoms with van der Waals surface area (Å²) in [6, 6.07) is 7.89. The van der Waals surface area contributed by atoms with E-state index in [1.807, 2.05) is 24.3 Å². The number of methoxy groups -OCH3 is 1. The van der Waals surface area contributed by atoms with Crippen LogP contribution in [0.15, 0.2) is 42.1 Å². The SMILES string of the molecule is COc1ccccc1CNc1nncc(NCCC2=CCCCC2)n1. The highest BCUT2D eigenvalue weighted by Crippen LogP contribution is 2.20. The van der Waals surface area contributed by atoms with Gasteiger partial charge < -0.3 is 15.4 Å². The predicted octanol–water partition coefficient (Wildman–Crippen LogP) is 3.79. The molecule has 1 heterocycles. The Morgan fingerprint density at radius 1 is 1.16 bits per heavy atom. The van der Waals surface area contributed by atoms with Gasteiger partial charge in [-0.25, -0.2) is 0 Å². The zero-order valence-electron chi connectivity index (χ0n) is 14.7. The molecule has 132 valence electrons. The molecular weight excluding hydrogens is 314 g/mol.